The van der Waals surface area contributed by atoms with Crippen molar-refractivity contribution in [2.45, 2.75) is 51.9 Å². The second-order valence-electron chi connectivity index (χ2n) is 6.25. The van der Waals surface area contributed by atoms with Gasteiger partial charge in [0.2, 0.25) is 5.91 Å². The van der Waals surface area contributed by atoms with E-state index in [0.717, 1.165) is 5.56 Å². The average molecular weight is 339 g/mol. The highest BCUT2D eigenvalue weighted by Gasteiger charge is 2.19. The molecule has 0 aliphatic rings. The summed E-state index contributed by atoms with van der Waals surface area (Å²) in [5.41, 5.74) is 0.835. The number of rotatable bonds is 8. The molecule has 1 aromatic rings. The van der Waals surface area contributed by atoms with Crippen molar-refractivity contribution in [3.05, 3.63) is 29.8 Å². The summed E-state index contributed by atoms with van der Waals surface area (Å²) in [5.74, 6) is -0.709. The van der Waals surface area contributed by atoms with E-state index in [2.05, 4.69) is 4.72 Å². The van der Waals surface area contributed by atoms with Crippen LogP contribution in [0.4, 0.5) is 0 Å². The van der Waals surface area contributed by atoms with Crippen molar-refractivity contribution < 1.29 is 18.0 Å². The van der Waals surface area contributed by atoms with Crippen molar-refractivity contribution in [3.63, 3.8) is 0 Å². The van der Waals surface area contributed by atoms with E-state index in [4.69, 9.17) is 0 Å². The molecule has 0 spiro atoms. The summed E-state index contributed by atoms with van der Waals surface area (Å²) in [6.45, 7) is 7.00. The third-order valence-electron chi connectivity index (χ3n) is 3.50. The Bertz CT molecular complexity index is 663. The van der Waals surface area contributed by atoms with Crippen molar-refractivity contribution in [2.24, 2.45) is 11.8 Å². The van der Waals surface area contributed by atoms with Gasteiger partial charge in [-0.25, -0.2) is 13.1 Å². The van der Waals surface area contributed by atoms with Gasteiger partial charge in [0.25, 0.3) is 10.0 Å². The van der Waals surface area contributed by atoms with Crippen molar-refractivity contribution in [1.29, 1.82) is 0 Å². The van der Waals surface area contributed by atoms with Crippen LogP contribution in [0.2, 0.25) is 0 Å². The molecule has 0 saturated carbocycles. The molecule has 0 atom stereocenters. The fourth-order valence-corrected chi connectivity index (χ4v) is 3.12. The number of carbonyl (C=O) groups excluding carboxylic acids is 2. The van der Waals surface area contributed by atoms with Crippen molar-refractivity contribution in [1.82, 2.24) is 4.72 Å². The van der Waals surface area contributed by atoms with Gasteiger partial charge in [-0.15, -0.1) is 0 Å². The Morgan fingerprint density at radius 2 is 1.74 bits per heavy atom. The van der Waals surface area contributed by atoms with E-state index in [0.29, 0.717) is 19.3 Å². The summed E-state index contributed by atoms with van der Waals surface area (Å²) in [7, 11) is -3.85. The van der Waals surface area contributed by atoms with Crippen molar-refractivity contribution in [3.8, 4) is 0 Å². The highest BCUT2D eigenvalue weighted by atomic mass is 32.2. The molecular weight excluding hydrogens is 314 g/mol. The predicted octanol–water partition coefficient (Wildman–Crippen LogP) is 2.70. The first kappa shape index (κ1) is 19.4. The van der Waals surface area contributed by atoms with E-state index < -0.39 is 21.8 Å². The Morgan fingerprint density at radius 3 is 2.30 bits per heavy atom. The fraction of sp³-hybridized carbons (Fsp3) is 0.529. The second-order valence-corrected chi connectivity index (χ2v) is 7.93. The summed E-state index contributed by atoms with van der Waals surface area (Å²) in [6.07, 6.45) is 1.79. The summed E-state index contributed by atoms with van der Waals surface area (Å²) in [4.78, 5) is 23.3. The van der Waals surface area contributed by atoms with Gasteiger partial charge in [-0.05, 0) is 30.5 Å². The van der Waals surface area contributed by atoms with Crippen molar-refractivity contribution >= 4 is 21.7 Å². The Hall–Kier alpha value is -1.69. The molecule has 0 saturated heterocycles. The number of benzene rings is 1. The minimum atomic E-state index is -3.85. The lowest BCUT2D eigenvalue weighted by atomic mass is 10.0. The van der Waals surface area contributed by atoms with Crippen LogP contribution in [-0.2, 0) is 26.0 Å². The first-order valence-electron chi connectivity index (χ1n) is 7.82. The molecule has 23 heavy (non-hydrogen) atoms. The molecule has 5 nitrogen and oxygen atoms in total. The zero-order valence-electron chi connectivity index (χ0n) is 14.1. The van der Waals surface area contributed by atoms with Gasteiger partial charge in [0.1, 0.15) is 5.78 Å². The van der Waals surface area contributed by atoms with Crippen molar-refractivity contribution in [2.75, 3.05) is 0 Å². The molecule has 1 N–H and O–H groups in total. The molecule has 0 aliphatic carbocycles. The molecule has 0 unspecified atom stereocenters. The van der Waals surface area contributed by atoms with Gasteiger partial charge in [0, 0.05) is 18.3 Å². The third-order valence-corrected chi connectivity index (χ3v) is 4.85. The van der Waals surface area contributed by atoms with Gasteiger partial charge < -0.3 is 0 Å². The molecule has 128 valence electrons. The van der Waals surface area contributed by atoms with E-state index >= 15 is 0 Å². The van der Waals surface area contributed by atoms with Crippen LogP contribution >= 0.6 is 0 Å². The van der Waals surface area contributed by atoms with Crippen LogP contribution in [0.3, 0.4) is 0 Å². The summed E-state index contributed by atoms with van der Waals surface area (Å²) >= 11 is 0. The van der Waals surface area contributed by atoms with Crippen LogP contribution in [-0.4, -0.2) is 20.1 Å². The van der Waals surface area contributed by atoms with Gasteiger partial charge in [-0.3, -0.25) is 9.59 Å². The molecule has 1 amide bonds. The molecule has 0 heterocycles. The van der Waals surface area contributed by atoms with Crippen LogP contribution in [0.5, 0.6) is 0 Å². The third kappa shape index (κ3) is 6.14. The number of sulfonamides is 1. The number of aryl methyl sites for hydroxylation is 1. The fourth-order valence-electron chi connectivity index (χ4n) is 1.93. The van der Waals surface area contributed by atoms with Crippen LogP contribution in [0.25, 0.3) is 0 Å². The Balaban J connectivity index is 2.76. The quantitative estimate of drug-likeness (QED) is 0.789. The highest BCUT2D eigenvalue weighted by Crippen LogP contribution is 2.15. The molecule has 0 aromatic heterocycles. The largest absolute Gasteiger partial charge is 0.299 e. The minimum Gasteiger partial charge on any atom is -0.299 e. The second kappa shape index (κ2) is 8.24. The zero-order valence-corrected chi connectivity index (χ0v) is 14.9. The smallest absolute Gasteiger partial charge is 0.264 e. The van der Waals surface area contributed by atoms with Crippen LogP contribution < -0.4 is 4.72 Å². The van der Waals surface area contributed by atoms with E-state index in [-0.39, 0.29) is 16.6 Å². The molecule has 6 heteroatoms. The predicted molar refractivity (Wildman–Crippen MR) is 89.4 cm³/mol. The van der Waals surface area contributed by atoms with E-state index in [1.54, 1.807) is 26.0 Å². The maximum absolute atomic E-state index is 12.2. The molecule has 0 fully saturated rings. The number of amides is 1. The first-order valence-corrected chi connectivity index (χ1v) is 9.30. The maximum Gasteiger partial charge on any atom is 0.264 e. The number of hydrogen-bond acceptors (Lipinski definition) is 4. The maximum atomic E-state index is 12.2. The Labute approximate surface area is 138 Å². The standard InChI is InChI=1S/C17H25NO4S/c1-12(2)16(19)10-6-8-14-7-5-9-15(11-14)23(21,22)18-17(20)13(3)4/h5,7,9,11-13H,6,8,10H2,1-4H3,(H,18,20). The normalized spacial score (nSPS) is 11.7. The highest BCUT2D eigenvalue weighted by molar-refractivity contribution is 7.90. The molecule has 0 aliphatic heterocycles. The lowest BCUT2D eigenvalue weighted by Gasteiger charge is -2.10. The number of Topliss-reactive ketones (excluding diaryl/α,β-unsaturated/α-hetero) is 1. The van der Waals surface area contributed by atoms with E-state index in [9.17, 15) is 18.0 Å². The number of carbonyl (C=O) groups is 2. The van der Waals surface area contributed by atoms with Crippen LogP contribution in [0.1, 0.15) is 46.1 Å². The van der Waals surface area contributed by atoms with Gasteiger partial charge in [-0.2, -0.15) is 0 Å². The zero-order chi connectivity index (χ0) is 17.6. The molecular formula is C17H25NO4S. The van der Waals surface area contributed by atoms with Gasteiger partial charge in [0.15, 0.2) is 0 Å². The monoisotopic (exact) mass is 339 g/mol. The summed E-state index contributed by atoms with van der Waals surface area (Å²) < 4.78 is 26.4. The van der Waals surface area contributed by atoms with E-state index in [1.807, 2.05) is 19.9 Å². The van der Waals surface area contributed by atoms with E-state index in [1.165, 1.54) is 6.07 Å². The first-order chi connectivity index (χ1) is 10.6. The number of nitrogens with one attached hydrogen (secondary N) is 1. The van der Waals surface area contributed by atoms with Crippen LogP contribution in [0.15, 0.2) is 29.2 Å². The molecule has 0 bridgehead atoms. The average Bonchev–Trinajstić information content (AvgIpc) is 2.46. The number of hydrogen-bond donors (Lipinski definition) is 1. The molecule has 1 aromatic carbocycles. The summed E-state index contributed by atoms with van der Waals surface area (Å²) in [6, 6.07) is 6.48. The lowest BCUT2D eigenvalue weighted by Crippen LogP contribution is -2.33. The topological polar surface area (TPSA) is 80.3 Å². The minimum absolute atomic E-state index is 0.0213. The lowest BCUT2D eigenvalue weighted by molar-refractivity contribution is -0.122. The molecule has 0 radical (unpaired) electrons. The Kier molecular flexibility index (Phi) is 6.94. The SMILES string of the molecule is CC(C)C(=O)CCCc1cccc(S(=O)(=O)NC(=O)C(C)C)c1. The Morgan fingerprint density at radius 1 is 1.09 bits per heavy atom. The van der Waals surface area contributed by atoms with Crippen LogP contribution in [0, 0.1) is 11.8 Å². The molecule has 1 rings (SSSR count). The summed E-state index contributed by atoms with van der Waals surface area (Å²) in [5, 5.41) is 0. The van der Waals surface area contributed by atoms with Gasteiger partial charge in [-0.1, -0.05) is 39.8 Å². The van der Waals surface area contributed by atoms with Gasteiger partial charge in [0.05, 0.1) is 4.90 Å². The van der Waals surface area contributed by atoms with Gasteiger partial charge >= 0.3 is 0 Å². The number of ketones is 1.